The molecule has 0 aromatic heterocycles. The Labute approximate surface area is 114 Å². The van der Waals surface area contributed by atoms with E-state index >= 15 is 0 Å². The molecule has 1 amide bonds. The van der Waals surface area contributed by atoms with Crippen LogP contribution in [0.4, 0.5) is 0 Å². The minimum absolute atomic E-state index is 0.0383. The third-order valence-corrected chi connectivity index (χ3v) is 3.72. The summed E-state index contributed by atoms with van der Waals surface area (Å²) in [4.78, 5) is 23.3. The average Bonchev–Trinajstić information content (AvgIpc) is 2.72. The van der Waals surface area contributed by atoms with E-state index in [1.165, 1.54) is 0 Å². The first-order valence-corrected chi connectivity index (χ1v) is 7.02. The van der Waals surface area contributed by atoms with Crippen molar-refractivity contribution < 1.29 is 19.4 Å². The van der Waals surface area contributed by atoms with Crippen LogP contribution in [-0.4, -0.2) is 35.7 Å². The zero-order valence-corrected chi connectivity index (χ0v) is 12.1. The number of aliphatic carboxylic acids is 1. The Kier molecular flexibility index (Phi) is 5.79. The lowest BCUT2D eigenvalue weighted by molar-refractivity contribution is -0.139. The van der Waals surface area contributed by atoms with E-state index in [-0.39, 0.29) is 24.2 Å². The van der Waals surface area contributed by atoms with Gasteiger partial charge >= 0.3 is 5.97 Å². The predicted octanol–water partition coefficient (Wildman–Crippen LogP) is 1.81. The van der Waals surface area contributed by atoms with E-state index in [2.05, 4.69) is 5.32 Å². The van der Waals surface area contributed by atoms with E-state index in [4.69, 9.17) is 9.84 Å². The normalized spacial score (nSPS) is 24.4. The van der Waals surface area contributed by atoms with Gasteiger partial charge in [0.1, 0.15) is 0 Å². The number of amides is 1. The van der Waals surface area contributed by atoms with Gasteiger partial charge in [0.2, 0.25) is 5.91 Å². The van der Waals surface area contributed by atoms with Gasteiger partial charge in [0.25, 0.3) is 0 Å². The highest BCUT2D eigenvalue weighted by molar-refractivity contribution is 5.81. The SMILES string of the molecule is CCCC(C(=O)NC1(CC(=O)O)CCOC1)C(C)C. The molecule has 2 N–H and O–H groups in total. The van der Waals surface area contributed by atoms with Crippen molar-refractivity contribution in [1.29, 1.82) is 0 Å². The fraction of sp³-hybridized carbons (Fsp3) is 0.857. The monoisotopic (exact) mass is 271 g/mol. The molecule has 0 saturated carbocycles. The maximum atomic E-state index is 12.4. The molecule has 1 fully saturated rings. The topological polar surface area (TPSA) is 75.6 Å². The molecule has 1 aliphatic rings. The number of hydrogen-bond acceptors (Lipinski definition) is 3. The average molecular weight is 271 g/mol. The summed E-state index contributed by atoms with van der Waals surface area (Å²) in [5, 5.41) is 11.9. The molecule has 0 aromatic carbocycles. The van der Waals surface area contributed by atoms with Crippen molar-refractivity contribution in [2.75, 3.05) is 13.2 Å². The fourth-order valence-corrected chi connectivity index (χ4v) is 2.61. The molecule has 1 heterocycles. The van der Waals surface area contributed by atoms with Crippen LogP contribution in [0.5, 0.6) is 0 Å². The maximum Gasteiger partial charge on any atom is 0.305 e. The summed E-state index contributed by atoms with van der Waals surface area (Å²) in [6.07, 6.45) is 2.27. The van der Waals surface area contributed by atoms with Gasteiger partial charge in [-0.05, 0) is 18.8 Å². The van der Waals surface area contributed by atoms with Gasteiger partial charge in [-0.15, -0.1) is 0 Å². The van der Waals surface area contributed by atoms with Crippen molar-refractivity contribution in [2.24, 2.45) is 11.8 Å². The van der Waals surface area contributed by atoms with Crippen molar-refractivity contribution in [3.8, 4) is 0 Å². The van der Waals surface area contributed by atoms with Crippen molar-refractivity contribution in [1.82, 2.24) is 5.32 Å². The van der Waals surface area contributed by atoms with Crippen LogP contribution in [0.3, 0.4) is 0 Å². The van der Waals surface area contributed by atoms with E-state index in [1.54, 1.807) is 0 Å². The molecule has 5 nitrogen and oxygen atoms in total. The van der Waals surface area contributed by atoms with Gasteiger partial charge in [-0.2, -0.15) is 0 Å². The van der Waals surface area contributed by atoms with Crippen LogP contribution in [0.25, 0.3) is 0 Å². The van der Waals surface area contributed by atoms with Crippen LogP contribution in [0.2, 0.25) is 0 Å². The van der Waals surface area contributed by atoms with Crippen molar-refractivity contribution in [3.05, 3.63) is 0 Å². The number of hydrogen-bond donors (Lipinski definition) is 2. The minimum atomic E-state index is -0.901. The Bertz CT molecular complexity index is 321. The number of carbonyl (C=O) groups excluding carboxylic acids is 1. The predicted molar refractivity (Wildman–Crippen MR) is 71.8 cm³/mol. The largest absolute Gasteiger partial charge is 0.481 e. The van der Waals surface area contributed by atoms with Crippen LogP contribution in [0.15, 0.2) is 0 Å². The molecule has 0 spiro atoms. The van der Waals surface area contributed by atoms with Crippen molar-refractivity contribution in [2.45, 2.75) is 52.0 Å². The molecule has 2 atom stereocenters. The second kappa shape index (κ2) is 6.89. The Morgan fingerprint density at radius 1 is 1.42 bits per heavy atom. The van der Waals surface area contributed by atoms with Gasteiger partial charge in [0, 0.05) is 12.5 Å². The quantitative estimate of drug-likeness (QED) is 0.740. The standard InChI is InChI=1S/C14H25NO4/c1-4-5-11(10(2)3)13(18)15-14(8-12(16)17)6-7-19-9-14/h10-11H,4-9H2,1-3H3,(H,15,18)(H,16,17). The molecule has 110 valence electrons. The Morgan fingerprint density at radius 3 is 2.53 bits per heavy atom. The first-order valence-electron chi connectivity index (χ1n) is 7.02. The lowest BCUT2D eigenvalue weighted by Gasteiger charge is -2.30. The van der Waals surface area contributed by atoms with Crippen molar-refractivity contribution in [3.63, 3.8) is 0 Å². The van der Waals surface area contributed by atoms with Gasteiger partial charge in [-0.25, -0.2) is 0 Å². The van der Waals surface area contributed by atoms with Crippen LogP contribution >= 0.6 is 0 Å². The molecule has 0 aliphatic carbocycles. The number of carboxylic acids is 1. The molecule has 1 saturated heterocycles. The third-order valence-electron chi connectivity index (χ3n) is 3.72. The fourth-order valence-electron chi connectivity index (χ4n) is 2.61. The summed E-state index contributed by atoms with van der Waals surface area (Å²) in [5.74, 6) is -0.744. The van der Waals surface area contributed by atoms with E-state index in [1.807, 2.05) is 20.8 Å². The molecule has 1 rings (SSSR count). The summed E-state index contributed by atoms with van der Waals surface area (Å²) in [7, 11) is 0. The highest BCUT2D eigenvalue weighted by atomic mass is 16.5. The highest BCUT2D eigenvalue weighted by Gasteiger charge is 2.40. The van der Waals surface area contributed by atoms with Crippen molar-refractivity contribution >= 4 is 11.9 Å². The third kappa shape index (κ3) is 4.49. The zero-order chi connectivity index (χ0) is 14.5. The Balaban J connectivity index is 2.72. The van der Waals surface area contributed by atoms with Crippen LogP contribution in [-0.2, 0) is 14.3 Å². The maximum absolute atomic E-state index is 12.4. The molecule has 5 heteroatoms. The molecule has 1 aliphatic heterocycles. The number of carboxylic acid groups (broad SMARTS) is 1. The number of ether oxygens (including phenoxy) is 1. The first kappa shape index (κ1) is 16.0. The van der Waals surface area contributed by atoms with E-state index in [9.17, 15) is 9.59 Å². The molecular formula is C14H25NO4. The summed E-state index contributed by atoms with van der Waals surface area (Å²) < 4.78 is 5.28. The Morgan fingerprint density at radius 2 is 2.11 bits per heavy atom. The van der Waals surface area contributed by atoms with Gasteiger partial charge < -0.3 is 15.2 Å². The van der Waals surface area contributed by atoms with Gasteiger partial charge in [0.15, 0.2) is 0 Å². The van der Waals surface area contributed by atoms with Crippen LogP contribution < -0.4 is 5.32 Å². The number of nitrogens with one attached hydrogen (secondary N) is 1. The number of carbonyl (C=O) groups is 2. The van der Waals surface area contributed by atoms with Gasteiger partial charge in [-0.3, -0.25) is 9.59 Å². The lowest BCUT2D eigenvalue weighted by Crippen LogP contribution is -2.52. The number of rotatable bonds is 7. The second-order valence-corrected chi connectivity index (χ2v) is 5.78. The molecule has 0 radical (unpaired) electrons. The first-order chi connectivity index (χ1) is 8.90. The Hall–Kier alpha value is -1.10. The smallest absolute Gasteiger partial charge is 0.305 e. The van der Waals surface area contributed by atoms with Gasteiger partial charge in [-0.1, -0.05) is 27.2 Å². The molecular weight excluding hydrogens is 246 g/mol. The summed E-state index contributed by atoms with van der Waals surface area (Å²) >= 11 is 0. The summed E-state index contributed by atoms with van der Waals surface area (Å²) in [6.45, 7) is 6.90. The van der Waals surface area contributed by atoms with E-state index in [0.29, 0.717) is 19.6 Å². The highest BCUT2D eigenvalue weighted by Crippen LogP contribution is 2.25. The van der Waals surface area contributed by atoms with E-state index in [0.717, 1.165) is 12.8 Å². The van der Waals surface area contributed by atoms with Crippen LogP contribution in [0, 0.1) is 11.8 Å². The van der Waals surface area contributed by atoms with Crippen LogP contribution in [0.1, 0.15) is 46.5 Å². The lowest BCUT2D eigenvalue weighted by atomic mass is 9.87. The molecule has 2 unspecified atom stereocenters. The van der Waals surface area contributed by atoms with Gasteiger partial charge in [0.05, 0.1) is 18.6 Å². The zero-order valence-electron chi connectivity index (χ0n) is 12.1. The molecule has 0 bridgehead atoms. The molecule has 19 heavy (non-hydrogen) atoms. The minimum Gasteiger partial charge on any atom is -0.481 e. The second-order valence-electron chi connectivity index (χ2n) is 5.78. The van der Waals surface area contributed by atoms with E-state index < -0.39 is 11.5 Å². The summed E-state index contributed by atoms with van der Waals surface area (Å²) in [6, 6.07) is 0. The molecule has 0 aromatic rings. The summed E-state index contributed by atoms with van der Waals surface area (Å²) in [5.41, 5.74) is -0.718.